The third-order valence-electron chi connectivity index (χ3n) is 3.49. The van der Waals surface area contributed by atoms with Crippen molar-refractivity contribution in [2.75, 3.05) is 0 Å². The first-order valence-electron chi connectivity index (χ1n) is 6.62. The number of halogens is 1. The monoisotopic (exact) mass is 238 g/mol. The van der Waals surface area contributed by atoms with Crippen LogP contribution >= 0.6 is 0 Å². The summed E-state index contributed by atoms with van der Waals surface area (Å²) in [5.74, 6) is 6.49. The van der Waals surface area contributed by atoms with Gasteiger partial charge < -0.3 is 0 Å². The Hall–Kier alpha value is -0.840. The summed E-state index contributed by atoms with van der Waals surface area (Å²) in [4.78, 5) is 11.6. The molecular formula is C15H23FO. The van der Waals surface area contributed by atoms with Crippen LogP contribution in [0.25, 0.3) is 0 Å². The van der Waals surface area contributed by atoms with E-state index in [9.17, 15) is 9.18 Å². The fourth-order valence-electron chi connectivity index (χ4n) is 2.13. The zero-order valence-corrected chi connectivity index (χ0v) is 11.2. The van der Waals surface area contributed by atoms with Gasteiger partial charge in [0.25, 0.3) is 0 Å². The number of carbonyl (C=O) groups excluding carboxylic acids is 1. The topological polar surface area (TPSA) is 17.1 Å². The summed E-state index contributed by atoms with van der Waals surface area (Å²) in [5.41, 5.74) is -1.33. The molecule has 1 aliphatic rings. The van der Waals surface area contributed by atoms with Crippen LogP contribution in [0.2, 0.25) is 0 Å². The van der Waals surface area contributed by atoms with Crippen molar-refractivity contribution >= 4 is 5.78 Å². The van der Waals surface area contributed by atoms with Crippen LogP contribution in [0.4, 0.5) is 4.39 Å². The number of ketones is 1. The maximum atomic E-state index is 13.8. The van der Waals surface area contributed by atoms with Crippen LogP contribution in [-0.2, 0) is 4.79 Å². The van der Waals surface area contributed by atoms with Crippen LogP contribution in [0.3, 0.4) is 0 Å². The number of alkyl halides is 1. The zero-order chi connectivity index (χ0) is 12.9. The molecular weight excluding hydrogens is 215 g/mol. The van der Waals surface area contributed by atoms with Crippen LogP contribution in [0.5, 0.6) is 0 Å². The summed E-state index contributed by atoms with van der Waals surface area (Å²) in [6.45, 7) is 5.43. The molecule has 1 nitrogen and oxygen atoms in total. The molecule has 1 aliphatic carbocycles. The van der Waals surface area contributed by atoms with Gasteiger partial charge in [0.2, 0.25) is 0 Å². The van der Waals surface area contributed by atoms with Gasteiger partial charge in [0, 0.05) is 18.8 Å². The predicted molar refractivity (Wildman–Crippen MR) is 68.3 cm³/mol. The van der Waals surface area contributed by atoms with Crippen LogP contribution in [0.1, 0.15) is 59.3 Å². The summed E-state index contributed by atoms with van der Waals surface area (Å²) in [6, 6.07) is 0. The first-order valence-corrected chi connectivity index (χ1v) is 6.62. The lowest BCUT2D eigenvalue weighted by atomic mass is 9.86. The Bertz CT molecular complexity index is 320. The van der Waals surface area contributed by atoms with Crippen molar-refractivity contribution in [2.24, 2.45) is 11.8 Å². The Morgan fingerprint density at radius 2 is 2.18 bits per heavy atom. The molecule has 0 radical (unpaired) electrons. The molecule has 0 N–H and O–H groups in total. The minimum Gasteiger partial charge on any atom is -0.299 e. The summed E-state index contributed by atoms with van der Waals surface area (Å²) in [6.07, 6.45) is 4.66. The second kappa shape index (κ2) is 6.19. The molecule has 96 valence electrons. The highest BCUT2D eigenvalue weighted by molar-refractivity contribution is 5.80. The maximum absolute atomic E-state index is 13.8. The zero-order valence-electron chi connectivity index (χ0n) is 11.2. The third-order valence-corrected chi connectivity index (χ3v) is 3.49. The molecule has 2 unspecified atom stereocenters. The highest BCUT2D eigenvalue weighted by Crippen LogP contribution is 2.27. The predicted octanol–water partition coefficient (Wildman–Crippen LogP) is 3.91. The number of hydrogen-bond acceptors (Lipinski definition) is 1. The van der Waals surface area contributed by atoms with E-state index in [1.54, 1.807) is 6.92 Å². The summed E-state index contributed by atoms with van der Waals surface area (Å²) < 4.78 is 13.8. The average molecular weight is 238 g/mol. The average Bonchev–Trinajstić information content (AvgIpc) is 2.23. The van der Waals surface area contributed by atoms with Gasteiger partial charge in [-0.15, -0.1) is 0 Å². The molecule has 0 saturated carbocycles. The first-order chi connectivity index (χ1) is 7.91. The van der Waals surface area contributed by atoms with Gasteiger partial charge in [-0.05, 0) is 38.5 Å². The van der Waals surface area contributed by atoms with E-state index in [1.807, 2.05) is 13.8 Å². The molecule has 1 rings (SSSR count). The third kappa shape index (κ3) is 5.35. The van der Waals surface area contributed by atoms with Crippen molar-refractivity contribution in [3.05, 3.63) is 0 Å². The van der Waals surface area contributed by atoms with E-state index in [2.05, 4.69) is 11.8 Å². The lowest BCUT2D eigenvalue weighted by molar-refractivity contribution is -0.122. The number of rotatable bonds is 4. The fraction of sp³-hybridized carbons (Fsp3) is 0.800. The van der Waals surface area contributed by atoms with Gasteiger partial charge in [-0.3, -0.25) is 4.79 Å². The largest absolute Gasteiger partial charge is 0.299 e. The van der Waals surface area contributed by atoms with E-state index in [0.29, 0.717) is 24.5 Å². The molecule has 0 aromatic carbocycles. The van der Waals surface area contributed by atoms with Crippen molar-refractivity contribution in [3.8, 4) is 11.8 Å². The van der Waals surface area contributed by atoms with Crippen molar-refractivity contribution in [2.45, 2.75) is 65.0 Å². The molecule has 0 aliphatic heterocycles. The Morgan fingerprint density at radius 1 is 1.47 bits per heavy atom. The SMILES string of the molecule is CC(C)C(=O)CCC1CCC#CC(C)(F)CC1. The molecule has 2 atom stereocenters. The highest BCUT2D eigenvalue weighted by atomic mass is 19.1. The van der Waals surface area contributed by atoms with E-state index < -0.39 is 5.67 Å². The van der Waals surface area contributed by atoms with Gasteiger partial charge in [-0.1, -0.05) is 25.7 Å². The van der Waals surface area contributed by atoms with Gasteiger partial charge in [0.05, 0.1) is 0 Å². The molecule has 0 saturated heterocycles. The van der Waals surface area contributed by atoms with Crippen molar-refractivity contribution < 1.29 is 9.18 Å². The smallest absolute Gasteiger partial charge is 0.168 e. The van der Waals surface area contributed by atoms with Crippen LogP contribution in [0, 0.1) is 23.7 Å². The highest BCUT2D eigenvalue weighted by Gasteiger charge is 2.23. The standard InChI is InChI=1S/C15H23FO/c1-12(2)14(17)8-7-13-6-4-5-10-15(3,16)11-9-13/h12-13H,4,6-9,11H2,1-3H3. The molecule has 2 heteroatoms. The first kappa shape index (κ1) is 14.2. The van der Waals surface area contributed by atoms with Crippen LogP contribution in [0.15, 0.2) is 0 Å². The van der Waals surface area contributed by atoms with Gasteiger partial charge >= 0.3 is 0 Å². The van der Waals surface area contributed by atoms with Crippen molar-refractivity contribution in [1.82, 2.24) is 0 Å². The summed E-state index contributed by atoms with van der Waals surface area (Å²) in [5, 5.41) is 0. The Balaban J connectivity index is 2.41. The van der Waals surface area contributed by atoms with Crippen molar-refractivity contribution in [1.29, 1.82) is 0 Å². The summed E-state index contributed by atoms with van der Waals surface area (Å²) in [7, 11) is 0. The molecule has 0 fully saturated rings. The van der Waals surface area contributed by atoms with E-state index in [0.717, 1.165) is 25.7 Å². The Morgan fingerprint density at radius 3 is 2.82 bits per heavy atom. The lowest BCUT2D eigenvalue weighted by Crippen LogP contribution is -2.19. The van der Waals surface area contributed by atoms with E-state index in [4.69, 9.17) is 0 Å². The molecule has 0 spiro atoms. The minimum atomic E-state index is -1.33. The molecule has 0 bridgehead atoms. The number of carbonyl (C=O) groups is 1. The second-order valence-electron chi connectivity index (χ2n) is 5.60. The summed E-state index contributed by atoms with van der Waals surface area (Å²) >= 11 is 0. The minimum absolute atomic E-state index is 0.120. The van der Waals surface area contributed by atoms with Gasteiger partial charge in [-0.25, -0.2) is 4.39 Å². The number of hydrogen-bond donors (Lipinski definition) is 0. The van der Waals surface area contributed by atoms with E-state index in [-0.39, 0.29) is 5.92 Å². The van der Waals surface area contributed by atoms with E-state index in [1.165, 1.54) is 0 Å². The van der Waals surface area contributed by atoms with Gasteiger partial charge in [-0.2, -0.15) is 0 Å². The molecule has 0 aromatic heterocycles. The quantitative estimate of drug-likeness (QED) is 0.679. The molecule has 0 amide bonds. The van der Waals surface area contributed by atoms with Crippen LogP contribution < -0.4 is 0 Å². The van der Waals surface area contributed by atoms with Gasteiger partial charge in [0.1, 0.15) is 5.78 Å². The second-order valence-corrected chi connectivity index (χ2v) is 5.60. The number of Topliss-reactive ketones (excluding diaryl/α,β-unsaturated/α-hetero) is 1. The molecule has 17 heavy (non-hydrogen) atoms. The normalized spacial score (nSPS) is 29.1. The molecule has 0 heterocycles. The Kier molecular flexibility index (Phi) is 5.18. The van der Waals surface area contributed by atoms with Crippen LogP contribution in [-0.4, -0.2) is 11.5 Å². The Labute approximate surface area is 104 Å². The lowest BCUT2D eigenvalue weighted by Gasteiger charge is -2.21. The fourth-order valence-corrected chi connectivity index (χ4v) is 2.13. The maximum Gasteiger partial charge on any atom is 0.168 e. The van der Waals surface area contributed by atoms with Gasteiger partial charge in [0.15, 0.2) is 5.67 Å². The van der Waals surface area contributed by atoms with E-state index >= 15 is 0 Å². The molecule has 0 aromatic rings. The van der Waals surface area contributed by atoms with Crippen molar-refractivity contribution in [3.63, 3.8) is 0 Å².